The predicted octanol–water partition coefficient (Wildman–Crippen LogP) is 2.19. The second kappa shape index (κ2) is 4.30. The van der Waals surface area contributed by atoms with Crippen LogP contribution in [0.1, 0.15) is 11.3 Å². The Morgan fingerprint density at radius 2 is 1.73 bits per heavy atom. The minimum Gasteiger partial charge on any atom is -0.505 e. The fraction of sp³-hybridized carbons (Fsp3) is 0. The number of hydrogen-bond acceptors (Lipinski definition) is 2. The molecule has 1 N–H and O–H groups in total. The Hall–Kier alpha value is -2.27. The summed E-state index contributed by atoms with van der Waals surface area (Å²) in [5, 5.41) is 9.42. The molecule has 0 amide bonds. The Morgan fingerprint density at radius 1 is 0.933 bits per heavy atom. The zero-order chi connectivity index (χ0) is 10.5. The van der Waals surface area contributed by atoms with E-state index >= 15 is 0 Å². The second-order valence-electron chi connectivity index (χ2n) is 2.99. The maximum atomic E-state index is 9.42. The Labute approximate surface area is 88.2 Å². The maximum absolute atomic E-state index is 9.42. The number of benzene rings is 1. The molecule has 72 valence electrons. The molecule has 0 radical (unpaired) electrons. The molecule has 0 aliphatic carbocycles. The van der Waals surface area contributed by atoms with Crippen LogP contribution < -0.4 is 0 Å². The summed E-state index contributed by atoms with van der Waals surface area (Å²) in [6.45, 7) is 0. The number of nitrogens with zero attached hydrogens (tertiary/aromatic N) is 1. The lowest BCUT2D eigenvalue weighted by atomic mass is 10.2. The van der Waals surface area contributed by atoms with Crippen molar-refractivity contribution in [1.82, 2.24) is 4.98 Å². The maximum Gasteiger partial charge on any atom is 0.155 e. The highest BCUT2D eigenvalue weighted by Gasteiger charge is 1.94. The largest absolute Gasteiger partial charge is 0.505 e. The minimum atomic E-state index is 0.112. The molecule has 0 bridgehead atoms. The number of rotatable bonds is 0. The van der Waals surface area contributed by atoms with Crippen LogP contribution in [0, 0.1) is 11.8 Å². The van der Waals surface area contributed by atoms with Gasteiger partial charge in [0.15, 0.2) is 5.69 Å². The van der Waals surface area contributed by atoms with Gasteiger partial charge in [-0.1, -0.05) is 24.1 Å². The fourth-order valence-electron chi connectivity index (χ4n) is 1.15. The summed E-state index contributed by atoms with van der Waals surface area (Å²) in [6, 6.07) is 12.8. The molecule has 1 aromatic heterocycles. The first-order chi connectivity index (χ1) is 7.36. The highest BCUT2D eigenvalue weighted by atomic mass is 16.3. The van der Waals surface area contributed by atoms with Gasteiger partial charge in [-0.25, -0.2) is 4.98 Å². The monoisotopic (exact) mass is 195 g/mol. The molecule has 2 heteroatoms. The Morgan fingerprint density at radius 3 is 2.47 bits per heavy atom. The van der Waals surface area contributed by atoms with E-state index in [9.17, 15) is 5.11 Å². The molecule has 0 spiro atoms. The van der Waals surface area contributed by atoms with Gasteiger partial charge in [0, 0.05) is 11.8 Å². The molecule has 1 aromatic carbocycles. The number of hydrogen-bond donors (Lipinski definition) is 1. The lowest BCUT2D eigenvalue weighted by Gasteiger charge is -1.92. The van der Waals surface area contributed by atoms with Crippen molar-refractivity contribution >= 4 is 0 Å². The van der Waals surface area contributed by atoms with Crippen LogP contribution >= 0.6 is 0 Å². The van der Waals surface area contributed by atoms with Crippen molar-refractivity contribution in [3.05, 3.63) is 59.9 Å². The van der Waals surface area contributed by atoms with Crippen LogP contribution in [0.4, 0.5) is 0 Å². The van der Waals surface area contributed by atoms with Crippen LogP contribution in [0.15, 0.2) is 48.7 Å². The van der Waals surface area contributed by atoms with Gasteiger partial charge in [-0.15, -0.1) is 0 Å². The first-order valence-electron chi connectivity index (χ1n) is 4.57. The van der Waals surface area contributed by atoms with Gasteiger partial charge in [0.1, 0.15) is 5.75 Å². The standard InChI is InChI=1S/C13H9NO/c15-13-7-4-10-14-12(13)9-8-11-5-2-1-3-6-11/h1-7,10,15H. The molecule has 0 fully saturated rings. The predicted molar refractivity (Wildman–Crippen MR) is 58.3 cm³/mol. The van der Waals surface area contributed by atoms with Crippen molar-refractivity contribution < 1.29 is 5.11 Å². The topological polar surface area (TPSA) is 33.1 Å². The third-order valence-corrected chi connectivity index (χ3v) is 1.89. The first kappa shape index (κ1) is 9.29. The van der Waals surface area contributed by atoms with Crippen molar-refractivity contribution in [3.63, 3.8) is 0 Å². The van der Waals surface area contributed by atoms with Gasteiger partial charge in [-0.3, -0.25) is 0 Å². The third kappa shape index (κ3) is 2.35. The van der Waals surface area contributed by atoms with E-state index in [2.05, 4.69) is 16.8 Å². The fourth-order valence-corrected chi connectivity index (χ4v) is 1.15. The number of aromatic nitrogens is 1. The molecule has 0 aliphatic rings. The molecule has 2 aromatic rings. The molecular formula is C13H9NO. The van der Waals surface area contributed by atoms with E-state index in [1.165, 1.54) is 0 Å². The van der Waals surface area contributed by atoms with Gasteiger partial charge in [-0.2, -0.15) is 0 Å². The minimum absolute atomic E-state index is 0.112. The number of pyridine rings is 1. The van der Waals surface area contributed by atoms with Crippen molar-refractivity contribution in [2.24, 2.45) is 0 Å². The van der Waals surface area contributed by atoms with Gasteiger partial charge in [0.2, 0.25) is 0 Å². The van der Waals surface area contributed by atoms with E-state index in [1.54, 1.807) is 18.3 Å². The van der Waals surface area contributed by atoms with Gasteiger partial charge >= 0.3 is 0 Å². The molecule has 2 rings (SSSR count). The van der Waals surface area contributed by atoms with Crippen molar-refractivity contribution in [1.29, 1.82) is 0 Å². The Kier molecular flexibility index (Phi) is 2.66. The number of aromatic hydroxyl groups is 1. The molecule has 0 saturated heterocycles. The molecular weight excluding hydrogens is 186 g/mol. The summed E-state index contributed by atoms with van der Waals surface area (Å²) < 4.78 is 0. The normalized spacial score (nSPS) is 9.07. The Bertz CT molecular complexity index is 509. The van der Waals surface area contributed by atoms with E-state index in [0.717, 1.165) is 5.56 Å². The molecule has 1 heterocycles. The van der Waals surface area contributed by atoms with Gasteiger partial charge in [0.25, 0.3) is 0 Å². The van der Waals surface area contributed by atoms with Crippen molar-refractivity contribution in [2.45, 2.75) is 0 Å². The summed E-state index contributed by atoms with van der Waals surface area (Å²) in [5.74, 6) is 5.86. The van der Waals surface area contributed by atoms with E-state index in [1.807, 2.05) is 30.3 Å². The van der Waals surface area contributed by atoms with Crippen molar-refractivity contribution in [2.75, 3.05) is 0 Å². The summed E-state index contributed by atoms with van der Waals surface area (Å²) in [4.78, 5) is 3.97. The molecule has 0 saturated carbocycles. The summed E-state index contributed by atoms with van der Waals surface area (Å²) >= 11 is 0. The van der Waals surface area contributed by atoms with E-state index in [-0.39, 0.29) is 5.75 Å². The average Bonchev–Trinajstić information content (AvgIpc) is 2.29. The van der Waals surface area contributed by atoms with E-state index in [0.29, 0.717) is 5.69 Å². The van der Waals surface area contributed by atoms with Gasteiger partial charge in [0.05, 0.1) is 0 Å². The quantitative estimate of drug-likeness (QED) is 0.653. The third-order valence-electron chi connectivity index (χ3n) is 1.89. The summed E-state index contributed by atoms with van der Waals surface area (Å²) in [7, 11) is 0. The van der Waals surface area contributed by atoms with Crippen LogP contribution in [0.5, 0.6) is 5.75 Å². The zero-order valence-electron chi connectivity index (χ0n) is 8.01. The summed E-state index contributed by atoms with van der Waals surface area (Å²) in [5.41, 5.74) is 1.31. The lowest BCUT2D eigenvalue weighted by Crippen LogP contribution is -1.81. The highest BCUT2D eigenvalue weighted by molar-refractivity contribution is 5.44. The van der Waals surface area contributed by atoms with E-state index in [4.69, 9.17) is 0 Å². The average molecular weight is 195 g/mol. The molecule has 0 unspecified atom stereocenters. The van der Waals surface area contributed by atoms with Crippen LogP contribution in [-0.4, -0.2) is 10.1 Å². The molecule has 2 nitrogen and oxygen atoms in total. The highest BCUT2D eigenvalue weighted by Crippen LogP contribution is 2.10. The van der Waals surface area contributed by atoms with Crippen molar-refractivity contribution in [3.8, 4) is 17.6 Å². The van der Waals surface area contributed by atoms with Crippen LogP contribution in [0.2, 0.25) is 0 Å². The van der Waals surface area contributed by atoms with Crippen LogP contribution in [0.3, 0.4) is 0 Å². The molecule has 15 heavy (non-hydrogen) atoms. The molecule has 0 aliphatic heterocycles. The second-order valence-corrected chi connectivity index (χ2v) is 2.99. The van der Waals surface area contributed by atoms with Crippen LogP contribution in [-0.2, 0) is 0 Å². The SMILES string of the molecule is Oc1cccnc1C#Cc1ccccc1. The summed E-state index contributed by atoms with van der Waals surface area (Å²) in [6.07, 6.45) is 1.61. The first-order valence-corrected chi connectivity index (χ1v) is 4.57. The van der Waals surface area contributed by atoms with E-state index < -0.39 is 0 Å². The smallest absolute Gasteiger partial charge is 0.155 e. The lowest BCUT2D eigenvalue weighted by molar-refractivity contribution is 0.471. The Balaban J connectivity index is 2.31. The van der Waals surface area contributed by atoms with Gasteiger partial charge < -0.3 is 5.11 Å². The zero-order valence-corrected chi connectivity index (χ0v) is 8.01. The molecule has 0 atom stereocenters. The van der Waals surface area contributed by atoms with Gasteiger partial charge in [-0.05, 0) is 30.2 Å². The van der Waals surface area contributed by atoms with Crippen LogP contribution in [0.25, 0.3) is 0 Å².